The van der Waals surface area contributed by atoms with E-state index in [4.69, 9.17) is 9.88 Å². The Kier molecular flexibility index (Phi) is 5.42. The van der Waals surface area contributed by atoms with E-state index in [-0.39, 0.29) is 16.6 Å². The monoisotopic (exact) mass is 326 g/mol. The topological polar surface area (TPSA) is 98.5 Å². The van der Waals surface area contributed by atoms with Crippen molar-refractivity contribution in [2.24, 2.45) is 11.1 Å². The Bertz CT molecular complexity index is 637. The van der Waals surface area contributed by atoms with E-state index in [1.54, 1.807) is 6.07 Å². The van der Waals surface area contributed by atoms with Crippen LogP contribution in [0.5, 0.6) is 5.75 Å². The van der Waals surface area contributed by atoms with Crippen molar-refractivity contribution in [3.8, 4) is 5.75 Å². The van der Waals surface area contributed by atoms with Gasteiger partial charge in [-0.25, -0.2) is 13.6 Å². The van der Waals surface area contributed by atoms with E-state index in [2.05, 4.69) is 5.32 Å². The fourth-order valence-electron chi connectivity index (χ4n) is 2.83. The normalized spacial score (nSPS) is 15.7. The SMILES string of the molecule is COc1ccc(NC(=O)CCC2CCCC2)cc1S(N)(=O)=O. The smallest absolute Gasteiger partial charge is 0.241 e. The van der Waals surface area contributed by atoms with Gasteiger partial charge in [-0.3, -0.25) is 4.79 Å². The highest BCUT2D eigenvalue weighted by Gasteiger charge is 2.18. The molecule has 0 aliphatic heterocycles. The molecule has 0 unspecified atom stereocenters. The summed E-state index contributed by atoms with van der Waals surface area (Å²) >= 11 is 0. The second-order valence-electron chi connectivity index (χ2n) is 5.65. The number of methoxy groups -OCH3 is 1. The molecule has 3 N–H and O–H groups in total. The van der Waals surface area contributed by atoms with Crippen LogP contribution in [0.4, 0.5) is 5.69 Å². The number of amides is 1. The lowest BCUT2D eigenvalue weighted by Crippen LogP contribution is -2.16. The zero-order valence-corrected chi connectivity index (χ0v) is 13.5. The maximum absolute atomic E-state index is 12.0. The van der Waals surface area contributed by atoms with E-state index in [9.17, 15) is 13.2 Å². The predicted molar refractivity (Wildman–Crippen MR) is 84.2 cm³/mol. The van der Waals surface area contributed by atoms with Crippen LogP contribution in [0.2, 0.25) is 0 Å². The number of primary sulfonamides is 1. The van der Waals surface area contributed by atoms with Gasteiger partial charge in [0.2, 0.25) is 15.9 Å². The number of carbonyl (C=O) groups is 1. The second-order valence-corrected chi connectivity index (χ2v) is 7.18. The van der Waals surface area contributed by atoms with Crippen molar-refractivity contribution in [1.29, 1.82) is 0 Å². The number of benzene rings is 1. The van der Waals surface area contributed by atoms with Crippen LogP contribution in [0.15, 0.2) is 23.1 Å². The fourth-order valence-corrected chi connectivity index (χ4v) is 3.56. The zero-order valence-electron chi connectivity index (χ0n) is 12.7. The Balaban J connectivity index is 2.01. The first-order chi connectivity index (χ1) is 10.4. The van der Waals surface area contributed by atoms with Gasteiger partial charge in [-0.2, -0.15) is 0 Å². The highest BCUT2D eigenvalue weighted by atomic mass is 32.2. The van der Waals surface area contributed by atoms with Crippen LogP contribution < -0.4 is 15.2 Å². The van der Waals surface area contributed by atoms with Gasteiger partial charge in [0.15, 0.2) is 0 Å². The molecule has 0 atom stereocenters. The Morgan fingerprint density at radius 1 is 1.36 bits per heavy atom. The van der Waals surface area contributed by atoms with Gasteiger partial charge in [0.25, 0.3) is 0 Å². The Morgan fingerprint density at radius 2 is 2.05 bits per heavy atom. The molecule has 122 valence electrons. The standard InChI is InChI=1S/C15H22N2O4S/c1-21-13-8-7-12(10-14(13)22(16,19)20)17-15(18)9-6-11-4-2-3-5-11/h7-8,10-11H,2-6,9H2,1H3,(H,17,18)(H2,16,19,20). The first-order valence-electron chi connectivity index (χ1n) is 7.41. The molecule has 2 rings (SSSR count). The molecule has 1 aromatic rings. The molecule has 7 heteroatoms. The van der Waals surface area contributed by atoms with E-state index in [1.165, 1.54) is 44.9 Å². The number of carbonyl (C=O) groups excluding carboxylic acids is 1. The third-order valence-electron chi connectivity index (χ3n) is 4.01. The van der Waals surface area contributed by atoms with Crippen molar-refractivity contribution in [1.82, 2.24) is 0 Å². The minimum absolute atomic E-state index is 0.113. The van der Waals surface area contributed by atoms with Crippen LogP contribution in [0.3, 0.4) is 0 Å². The molecule has 0 heterocycles. The molecule has 1 saturated carbocycles. The minimum Gasteiger partial charge on any atom is -0.495 e. The van der Waals surface area contributed by atoms with Crippen molar-refractivity contribution in [3.63, 3.8) is 0 Å². The average molecular weight is 326 g/mol. The molecule has 0 radical (unpaired) electrons. The highest BCUT2D eigenvalue weighted by Crippen LogP contribution is 2.29. The summed E-state index contributed by atoms with van der Waals surface area (Å²) < 4.78 is 28.0. The van der Waals surface area contributed by atoms with Crippen LogP contribution >= 0.6 is 0 Å². The van der Waals surface area contributed by atoms with Gasteiger partial charge in [0.1, 0.15) is 10.6 Å². The molecular weight excluding hydrogens is 304 g/mol. The summed E-state index contributed by atoms with van der Waals surface area (Å²) in [6.45, 7) is 0. The Morgan fingerprint density at radius 3 is 2.64 bits per heavy atom. The van der Waals surface area contributed by atoms with Crippen molar-refractivity contribution < 1.29 is 17.9 Å². The fraction of sp³-hybridized carbons (Fsp3) is 0.533. The van der Waals surface area contributed by atoms with Crippen LogP contribution in [-0.2, 0) is 14.8 Å². The molecule has 22 heavy (non-hydrogen) atoms. The summed E-state index contributed by atoms with van der Waals surface area (Å²) in [6.07, 6.45) is 6.23. The van der Waals surface area contributed by atoms with Gasteiger partial charge in [0.05, 0.1) is 7.11 Å². The number of sulfonamides is 1. The lowest BCUT2D eigenvalue weighted by molar-refractivity contribution is -0.116. The predicted octanol–water partition coefficient (Wildman–Crippen LogP) is 2.25. The molecule has 1 aliphatic rings. The molecule has 1 aliphatic carbocycles. The number of rotatable bonds is 6. The molecule has 1 amide bonds. The van der Waals surface area contributed by atoms with Gasteiger partial charge in [-0.15, -0.1) is 0 Å². The highest BCUT2D eigenvalue weighted by molar-refractivity contribution is 7.89. The minimum atomic E-state index is -3.91. The zero-order chi connectivity index (χ0) is 16.2. The van der Waals surface area contributed by atoms with Gasteiger partial charge in [0, 0.05) is 12.1 Å². The Hall–Kier alpha value is -1.60. The molecule has 1 fully saturated rings. The summed E-state index contributed by atoms with van der Waals surface area (Å²) in [4.78, 5) is 11.8. The third-order valence-corrected chi connectivity index (χ3v) is 4.94. The number of ether oxygens (including phenoxy) is 1. The molecule has 0 bridgehead atoms. The van der Waals surface area contributed by atoms with Gasteiger partial charge >= 0.3 is 0 Å². The van der Waals surface area contributed by atoms with E-state index in [0.29, 0.717) is 18.0 Å². The average Bonchev–Trinajstić information content (AvgIpc) is 2.97. The van der Waals surface area contributed by atoms with Gasteiger partial charge < -0.3 is 10.1 Å². The largest absolute Gasteiger partial charge is 0.495 e. The molecule has 6 nitrogen and oxygen atoms in total. The van der Waals surface area contributed by atoms with Gasteiger partial charge in [-0.1, -0.05) is 25.7 Å². The van der Waals surface area contributed by atoms with Crippen molar-refractivity contribution >= 4 is 21.6 Å². The molecule has 0 saturated heterocycles. The van der Waals surface area contributed by atoms with Crippen LogP contribution in [0, 0.1) is 5.92 Å². The Labute approximate surface area is 131 Å². The van der Waals surface area contributed by atoms with Crippen LogP contribution in [0.25, 0.3) is 0 Å². The summed E-state index contributed by atoms with van der Waals surface area (Å²) in [5.74, 6) is 0.686. The third kappa shape index (κ3) is 4.45. The van der Waals surface area contributed by atoms with Gasteiger partial charge in [-0.05, 0) is 30.5 Å². The molecule has 0 spiro atoms. The number of nitrogens with two attached hydrogens (primary N) is 1. The quantitative estimate of drug-likeness (QED) is 0.837. The number of anilines is 1. The maximum atomic E-state index is 12.0. The molecule has 0 aromatic heterocycles. The maximum Gasteiger partial charge on any atom is 0.241 e. The number of hydrogen-bond acceptors (Lipinski definition) is 4. The van der Waals surface area contributed by atoms with E-state index in [1.807, 2.05) is 0 Å². The van der Waals surface area contributed by atoms with Crippen molar-refractivity contribution in [2.45, 2.75) is 43.4 Å². The molecular formula is C15H22N2O4S. The second kappa shape index (κ2) is 7.11. The lowest BCUT2D eigenvalue weighted by Gasteiger charge is -2.11. The lowest BCUT2D eigenvalue weighted by atomic mass is 10.0. The summed E-state index contributed by atoms with van der Waals surface area (Å²) in [6, 6.07) is 4.40. The number of nitrogens with one attached hydrogen (secondary N) is 1. The summed E-state index contributed by atoms with van der Waals surface area (Å²) in [5, 5.41) is 7.87. The van der Waals surface area contributed by atoms with Crippen molar-refractivity contribution in [2.75, 3.05) is 12.4 Å². The van der Waals surface area contributed by atoms with Crippen LogP contribution in [-0.4, -0.2) is 21.4 Å². The first-order valence-corrected chi connectivity index (χ1v) is 8.95. The van der Waals surface area contributed by atoms with E-state index >= 15 is 0 Å². The number of hydrogen-bond donors (Lipinski definition) is 2. The van der Waals surface area contributed by atoms with Crippen LogP contribution in [0.1, 0.15) is 38.5 Å². The first kappa shape index (κ1) is 16.8. The van der Waals surface area contributed by atoms with E-state index < -0.39 is 10.0 Å². The van der Waals surface area contributed by atoms with E-state index in [0.717, 1.165) is 6.42 Å². The van der Waals surface area contributed by atoms with Crippen molar-refractivity contribution in [3.05, 3.63) is 18.2 Å². The summed E-state index contributed by atoms with van der Waals surface area (Å²) in [5.41, 5.74) is 0.404. The molecule has 1 aromatic carbocycles. The summed E-state index contributed by atoms with van der Waals surface area (Å²) in [7, 11) is -2.54.